The number of hydrogen-bond donors (Lipinski definition) is 3. The van der Waals surface area contributed by atoms with Crippen molar-refractivity contribution < 1.29 is 4.79 Å². The van der Waals surface area contributed by atoms with Crippen molar-refractivity contribution in [2.75, 3.05) is 13.1 Å². The van der Waals surface area contributed by atoms with Gasteiger partial charge in [0.25, 0.3) is 0 Å². The molecule has 0 aliphatic rings. The topological polar surface area (TPSA) is 78.4 Å². The van der Waals surface area contributed by atoms with Crippen LogP contribution in [0.4, 0.5) is 0 Å². The molecule has 1 aromatic heterocycles. The van der Waals surface area contributed by atoms with Crippen molar-refractivity contribution in [2.45, 2.75) is 66.0 Å². The first-order valence-corrected chi connectivity index (χ1v) is 9.60. The highest BCUT2D eigenvalue weighted by atomic mass is 32.1. The van der Waals surface area contributed by atoms with Crippen LogP contribution in [0.3, 0.4) is 0 Å². The Morgan fingerprint density at radius 3 is 2.62 bits per heavy atom. The maximum atomic E-state index is 11.8. The molecule has 6 nitrogen and oxygen atoms in total. The lowest BCUT2D eigenvalue weighted by molar-refractivity contribution is -0.121. The van der Waals surface area contributed by atoms with E-state index in [1.807, 2.05) is 13.8 Å². The summed E-state index contributed by atoms with van der Waals surface area (Å²) in [5, 5.41) is 12.4. The number of aromatic nitrogens is 1. The van der Waals surface area contributed by atoms with E-state index in [2.05, 4.69) is 52.1 Å². The minimum absolute atomic E-state index is 0.0641. The van der Waals surface area contributed by atoms with Crippen molar-refractivity contribution >= 4 is 23.2 Å². The molecule has 1 atom stereocenters. The molecular weight excluding hydrogens is 322 g/mol. The second-order valence-corrected chi connectivity index (χ2v) is 7.01. The summed E-state index contributed by atoms with van der Waals surface area (Å²) in [6.07, 6.45) is 1.37. The molecule has 3 N–H and O–H groups in total. The van der Waals surface area contributed by atoms with Crippen LogP contribution in [0.2, 0.25) is 0 Å². The Morgan fingerprint density at radius 2 is 2.04 bits per heavy atom. The van der Waals surface area contributed by atoms with Gasteiger partial charge in [-0.1, -0.05) is 20.8 Å². The van der Waals surface area contributed by atoms with Crippen molar-refractivity contribution in [2.24, 2.45) is 4.99 Å². The normalized spacial score (nSPS) is 13.0. The lowest BCUT2D eigenvalue weighted by atomic mass is 10.2. The molecule has 0 aliphatic heterocycles. The van der Waals surface area contributed by atoms with E-state index in [9.17, 15) is 4.79 Å². The number of guanidine groups is 1. The molecule has 24 heavy (non-hydrogen) atoms. The number of hydrogen-bond acceptors (Lipinski definition) is 4. The van der Waals surface area contributed by atoms with Crippen LogP contribution in [0.25, 0.3) is 0 Å². The molecule has 7 heteroatoms. The van der Waals surface area contributed by atoms with E-state index in [0.717, 1.165) is 29.6 Å². The van der Waals surface area contributed by atoms with E-state index in [1.54, 1.807) is 11.3 Å². The molecule has 1 heterocycles. The van der Waals surface area contributed by atoms with Crippen molar-refractivity contribution in [3.05, 3.63) is 16.1 Å². The summed E-state index contributed by atoms with van der Waals surface area (Å²) in [6.45, 7) is 12.2. The molecule has 136 valence electrons. The summed E-state index contributed by atoms with van der Waals surface area (Å²) in [5.41, 5.74) is 1.12. The first kappa shape index (κ1) is 20.4. The maximum absolute atomic E-state index is 11.8. The first-order valence-electron chi connectivity index (χ1n) is 8.72. The predicted octanol–water partition coefficient (Wildman–Crippen LogP) is 2.63. The summed E-state index contributed by atoms with van der Waals surface area (Å²) in [4.78, 5) is 20.9. The average Bonchev–Trinajstić information content (AvgIpc) is 3.01. The van der Waals surface area contributed by atoms with E-state index >= 15 is 0 Å². The Hall–Kier alpha value is -1.63. The molecule has 0 aromatic carbocycles. The molecule has 1 amide bonds. The summed E-state index contributed by atoms with van der Waals surface area (Å²) in [5.74, 6) is 1.22. The zero-order valence-corrected chi connectivity index (χ0v) is 16.3. The second kappa shape index (κ2) is 11.0. The minimum atomic E-state index is 0.0641. The first-order chi connectivity index (χ1) is 11.5. The van der Waals surface area contributed by atoms with Crippen molar-refractivity contribution in [1.29, 1.82) is 0 Å². The van der Waals surface area contributed by atoms with Gasteiger partial charge in [0.15, 0.2) is 5.96 Å². The maximum Gasteiger partial charge on any atom is 0.221 e. The molecule has 1 rings (SSSR count). The Morgan fingerprint density at radius 1 is 1.29 bits per heavy atom. The molecule has 0 saturated heterocycles. The van der Waals surface area contributed by atoms with E-state index in [-0.39, 0.29) is 11.9 Å². The third-order valence-electron chi connectivity index (χ3n) is 3.54. The van der Waals surface area contributed by atoms with Crippen molar-refractivity contribution in [3.63, 3.8) is 0 Å². The highest BCUT2D eigenvalue weighted by Gasteiger charge is 2.07. The molecule has 1 aromatic rings. The van der Waals surface area contributed by atoms with Crippen LogP contribution < -0.4 is 16.0 Å². The number of nitrogens with zero attached hydrogens (tertiary/aromatic N) is 2. The minimum Gasteiger partial charge on any atom is -0.357 e. The Bertz CT molecular complexity index is 527. The molecular formula is C17H31N5OS. The van der Waals surface area contributed by atoms with Gasteiger partial charge < -0.3 is 16.0 Å². The number of thiazole rings is 1. The fourth-order valence-electron chi connectivity index (χ4n) is 1.89. The smallest absolute Gasteiger partial charge is 0.221 e. The summed E-state index contributed by atoms with van der Waals surface area (Å²) in [6, 6.07) is 0.222. The van der Waals surface area contributed by atoms with Crippen molar-refractivity contribution in [3.8, 4) is 0 Å². The quantitative estimate of drug-likeness (QED) is 0.471. The molecule has 0 fully saturated rings. The van der Waals surface area contributed by atoms with E-state index in [1.165, 1.54) is 0 Å². The zero-order valence-electron chi connectivity index (χ0n) is 15.5. The van der Waals surface area contributed by atoms with Crippen LogP contribution in [-0.4, -0.2) is 36.0 Å². The van der Waals surface area contributed by atoms with Crippen LogP contribution in [0.5, 0.6) is 0 Å². The van der Waals surface area contributed by atoms with Gasteiger partial charge in [-0.3, -0.25) is 4.79 Å². The molecule has 0 aliphatic carbocycles. The fraction of sp³-hybridized carbons (Fsp3) is 0.706. The van der Waals surface area contributed by atoms with Gasteiger partial charge >= 0.3 is 0 Å². The monoisotopic (exact) mass is 353 g/mol. The van der Waals surface area contributed by atoms with Gasteiger partial charge in [0.05, 0.1) is 12.2 Å². The largest absolute Gasteiger partial charge is 0.357 e. The van der Waals surface area contributed by atoms with Gasteiger partial charge in [-0.15, -0.1) is 11.3 Å². The SMILES string of the molecule is CCNC(=NCc1nc(C(C)C)cs1)NCCC(=O)NC(C)CC. The van der Waals surface area contributed by atoms with Crippen LogP contribution in [-0.2, 0) is 11.3 Å². The van der Waals surface area contributed by atoms with Gasteiger partial charge in [-0.05, 0) is 26.2 Å². The Balaban J connectivity index is 2.45. The second-order valence-electron chi connectivity index (χ2n) is 6.07. The van der Waals surface area contributed by atoms with Gasteiger partial charge in [-0.25, -0.2) is 9.98 Å². The molecule has 0 radical (unpaired) electrons. The van der Waals surface area contributed by atoms with Gasteiger partial charge in [0, 0.05) is 30.9 Å². The lowest BCUT2D eigenvalue weighted by Gasteiger charge is -2.13. The van der Waals surface area contributed by atoms with Crippen LogP contribution in [0, 0.1) is 0 Å². The number of rotatable bonds is 9. The molecule has 1 unspecified atom stereocenters. The highest BCUT2D eigenvalue weighted by Crippen LogP contribution is 2.18. The summed E-state index contributed by atoms with van der Waals surface area (Å²) in [7, 11) is 0. The third-order valence-corrected chi connectivity index (χ3v) is 4.39. The van der Waals surface area contributed by atoms with Crippen LogP contribution >= 0.6 is 11.3 Å². The molecule has 0 spiro atoms. The molecule has 0 bridgehead atoms. The summed E-state index contributed by atoms with van der Waals surface area (Å²) >= 11 is 1.64. The highest BCUT2D eigenvalue weighted by molar-refractivity contribution is 7.09. The van der Waals surface area contributed by atoms with Gasteiger partial charge in [0.1, 0.15) is 5.01 Å². The number of amides is 1. The van der Waals surface area contributed by atoms with Crippen molar-refractivity contribution in [1.82, 2.24) is 20.9 Å². The standard InChI is InChI=1S/C17H31N5OS/c1-6-13(5)21-15(23)8-9-19-17(18-7-2)20-10-16-22-14(11-24-16)12(3)4/h11-13H,6-10H2,1-5H3,(H,21,23)(H2,18,19,20). The number of carbonyl (C=O) groups excluding carboxylic acids is 1. The number of nitrogens with one attached hydrogen (secondary N) is 3. The van der Waals surface area contributed by atoms with Crippen LogP contribution in [0.15, 0.2) is 10.4 Å². The average molecular weight is 354 g/mol. The van der Waals surface area contributed by atoms with E-state index in [0.29, 0.717) is 25.4 Å². The Kier molecular flexibility index (Phi) is 9.37. The van der Waals surface area contributed by atoms with Gasteiger partial charge in [-0.2, -0.15) is 0 Å². The molecule has 0 saturated carbocycles. The van der Waals surface area contributed by atoms with Crippen LogP contribution in [0.1, 0.15) is 64.1 Å². The fourth-order valence-corrected chi connectivity index (χ4v) is 2.77. The Labute approximate surface area is 149 Å². The number of aliphatic imine (C=N–C) groups is 1. The predicted molar refractivity (Wildman–Crippen MR) is 102 cm³/mol. The summed E-state index contributed by atoms with van der Waals surface area (Å²) < 4.78 is 0. The zero-order chi connectivity index (χ0) is 17.9. The number of carbonyl (C=O) groups is 1. The lowest BCUT2D eigenvalue weighted by Crippen LogP contribution is -2.40. The third kappa shape index (κ3) is 7.77. The van der Waals surface area contributed by atoms with E-state index < -0.39 is 0 Å². The van der Waals surface area contributed by atoms with E-state index in [4.69, 9.17) is 0 Å². The van der Waals surface area contributed by atoms with Gasteiger partial charge in [0.2, 0.25) is 5.91 Å².